The second-order valence-corrected chi connectivity index (χ2v) is 4.45. The molecule has 1 amide bonds. The Morgan fingerprint density at radius 2 is 1.87 bits per heavy atom. The minimum atomic E-state index is -4.71. The molecule has 2 aromatic carbocycles. The summed E-state index contributed by atoms with van der Waals surface area (Å²) in [5.74, 6) is -2.35. The van der Waals surface area contributed by atoms with E-state index in [0.29, 0.717) is 0 Å². The summed E-state index contributed by atoms with van der Waals surface area (Å²) in [6.07, 6.45) is -3.85. The summed E-state index contributed by atoms with van der Waals surface area (Å²) in [6.45, 7) is 0. The number of rotatable bonds is 3. The molecule has 4 nitrogen and oxygen atoms in total. The van der Waals surface area contributed by atoms with Gasteiger partial charge in [-0.1, -0.05) is 12.1 Å². The lowest BCUT2D eigenvalue weighted by Crippen LogP contribution is -2.17. The van der Waals surface area contributed by atoms with Crippen molar-refractivity contribution >= 4 is 12.1 Å². The maximum atomic E-state index is 13.0. The number of benzene rings is 2. The van der Waals surface area contributed by atoms with Gasteiger partial charge in [-0.25, -0.2) is 9.82 Å². The molecule has 0 saturated carbocycles. The summed E-state index contributed by atoms with van der Waals surface area (Å²) in [5.41, 5.74) is 0.594. The average molecular weight is 326 g/mol. The van der Waals surface area contributed by atoms with Crippen molar-refractivity contribution in [3.8, 4) is 5.75 Å². The SMILES string of the molecule is O=C(NN=Cc1cccc(C(F)(F)F)c1O)c1cccc(F)c1. The van der Waals surface area contributed by atoms with Gasteiger partial charge in [-0.15, -0.1) is 0 Å². The number of hydrogen-bond acceptors (Lipinski definition) is 3. The van der Waals surface area contributed by atoms with E-state index in [1.165, 1.54) is 18.2 Å². The van der Waals surface area contributed by atoms with E-state index in [9.17, 15) is 27.5 Å². The molecule has 0 bridgehead atoms. The largest absolute Gasteiger partial charge is 0.507 e. The van der Waals surface area contributed by atoms with Crippen LogP contribution in [0, 0.1) is 5.82 Å². The van der Waals surface area contributed by atoms with E-state index in [4.69, 9.17) is 0 Å². The highest BCUT2D eigenvalue weighted by molar-refractivity contribution is 5.95. The monoisotopic (exact) mass is 326 g/mol. The number of nitrogens with one attached hydrogen (secondary N) is 1. The number of amides is 1. The van der Waals surface area contributed by atoms with E-state index in [0.717, 1.165) is 30.5 Å². The van der Waals surface area contributed by atoms with Crippen molar-refractivity contribution in [2.45, 2.75) is 6.18 Å². The van der Waals surface area contributed by atoms with E-state index < -0.39 is 29.2 Å². The summed E-state index contributed by atoms with van der Waals surface area (Å²) < 4.78 is 50.9. The fourth-order valence-corrected chi connectivity index (χ4v) is 1.75. The van der Waals surface area contributed by atoms with Gasteiger partial charge in [0.05, 0.1) is 11.8 Å². The fourth-order valence-electron chi connectivity index (χ4n) is 1.75. The second-order valence-electron chi connectivity index (χ2n) is 4.45. The second kappa shape index (κ2) is 6.47. The predicted octanol–water partition coefficient (Wildman–Crippen LogP) is 3.31. The van der Waals surface area contributed by atoms with Crippen LogP contribution in [0.25, 0.3) is 0 Å². The zero-order chi connectivity index (χ0) is 17.0. The molecule has 0 saturated heterocycles. The first-order valence-corrected chi connectivity index (χ1v) is 6.27. The van der Waals surface area contributed by atoms with Gasteiger partial charge in [0.15, 0.2) is 0 Å². The number of nitrogens with zero attached hydrogens (tertiary/aromatic N) is 1. The molecule has 0 unspecified atom stereocenters. The van der Waals surface area contributed by atoms with Crippen molar-refractivity contribution in [1.29, 1.82) is 0 Å². The number of carbonyl (C=O) groups is 1. The Morgan fingerprint density at radius 3 is 2.52 bits per heavy atom. The van der Waals surface area contributed by atoms with Crippen LogP contribution < -0.4 is 5.43 Å². The molecule has 0 aromatic heterocycles. The molecule has 0 aliphatic carbocycles. The third-order valence-corrected chi connectivity index (χ3v) is 2.83. The summed E-state index contributed by atoms with van der Waals surface area (Å²) in [6, 6.07) is 7.81. The smallest absolute Gasteiger partial charge is 0.419 e. The van der Waals surface area contributed by atoms with E-state index in [1.54, 1.807) is 0 Å². The van der Waals surface area contributed by atoms with Crippen molar-refractivity contribution in [1.82, 2.24) is 5.43 Å². The number of hydrazone groups is 1. The number of halogens is 4. The van der Waals surface area contributed by atoms with Crippen LogP contribution in [0.5, 0.6) is 5.75 Å². The lowest BCUT2D eigenvalue weighted by molar-refractivity contribution is -0.138. The van der Waals surface area contributed by atoms with Crippen LogP contribution >= 0.6 is 0 Å². The lowest BCUT2D eigenvalue weighted by Gasteiger charge is -2.10. The van der Waals surface area contributed by atoms with Gasteiger partial charge in [-0.05, 0) is 30.3 Å². The van der Waals surface area contributed by atoms with E-state index >= 15 is 0 Å². The molecule has 2 aromatic rings. The summed E-state index contributed by atoms with van der Waals surface area (Å²) in [7, 11) is 0. The van der Waals surface area contributed by atoms with Crippen LogP contribution in [0.4, 0.5) is 17.6 Å². The molecule has 8 heteroatoms. The zero-order valence-corrected chi connectivity index (χ0v) is 11.4. The Balaban J connectivity index is 2.14. The van der Waals surface area contributed by atoms with Crippen molar-refractivity contribution in [2.75, 3.05) is 0 Å². The number of aromatic hydroxyl groups is 1. The van der Waals surface area contributed by atoms with Crippen molar-refractivity contribution in [3.05, 3.63) is 65.0 Å². The molecule has 23 heavy (non-hydrogen) atoms. The first kappa shape index (κ1) is 16.5. The maximum Gasteiger partial charge on any atom is 0.419 e. The standard InChI is InChI=1S/C15H10F4N2O2/c16-11-5-1-3-9(7-11)14(23)21-20-8-10-4-2-6-12(13(10)22)15(17,18)19/h1-8,22H,(H,21,23). The fraction of sp³-hybridized carbons (Fsp3) is 0.0667. The molecule has 0 aliphatic heterocycles. The molecule has 0 aliphatic rings. The number of para-hydroxylation sites is 1. The number of hydrogen-bond donors (Lipinski definition) is 2. The highest BCUT2D eigenvalue weighted by Crippen LogP contribution is 2.36. The minimum Gasteiger partial charge on any atom is -0.507 e. The minimum absolute atomic E-state index is 0.00425. The Morgan fingerprint density at radius 1 is 1.17 bits per heavy atom. The third-order valence-electron chi connectivity index (χ3n) is 2.83. The van der Waals surface area contributed by atoms with Gasteiger partial charge >= 0.3 is 6.18 Å². The normalized spacial score (nSPS) is 11.7. The molecule has 0 heterocycles. The Hall–Kier alpha value is -2.90. The molecule has 0 radical (unpaired) electrons. The molecule has 2 rings (SSSR count). The van der Waals surface area contributed by atoms with Crippen LogP contribution in [-0.2, 0) is 6.18 Å². The number of carbonyl (C=O) groups excluding carboxylic acids is 1. The van der Waals surface area contributed by atoms with Gasteiger partial charge in [0.1, 0.15) is 11.6 Å². The predicted molar refractivity (Wildman–Crippen MR) is 74.6 cm³/mol. The summed E-state index contributed by atoms with van der Waals surface area (Å²) >= 11 is 0. The van der Waals surface area contributed by atoms with E-state index in [-0.39, 0.29) is 11.1 Å². The Labute approximate surface area is 128 Å². The summed E-state index contributed by atoms with van der Waals surface area (Å²) in [4.78, 5) is 11.7. The molecular formula is C15H10F4N2O2. The molecule has 120 valence electrons. The quantitative estimate of drug-likeness (QED) is 0.516. The molecule has 0 fully saturated rings. The van der Waals surface area contributed by atoms with Crippen LogP contribution in [0.3, 0.4) is 0 Å². The van der Waals surface area contributed by atoms with Crippen molar-refractivity contribution in [2.24, 2.45) is 5.10 Å². The Kier molecular flexibility index (Phi) is 4.63. The van der Waals surface area contributed by atoms with Gasteiger partial charge in [-0.3, -0.25) is 4.79 Å². The maximum absolute atomic E-state index is 13.0. The van der Waals surface area contributed by atoms with Crippen LogP contribution in [0.1, 0.15) is 21.5 Å². The molecule has 0 spiro atoms. The topological polar surface area (TPSA) is 61.7 Å². The van der Waals surface area contributed by atoms with Crippen molar-refractivity contribution < 1.29 is 27.5 Å². The Bertz CT molecular complexity index is 757. The third kappa shape index (κ3) is 4.06. The molecular weight excluding hydrogens is 316 g/mol. The van der Waals surface area contributed by atoms with Crippen LogP contribution in [0.2, 0.25) is 0 Å². The number of phenols is 1. The highest BCUT2D eigenvalue weighted by atomic mass is 19.4. The van der Waals surface area contributed by atoms with Crippen molar-refractivity contribution in [3.63, 3.8) is 0 Å². The van der Waals surface area contributed by atoms with E-state index in [2.05, 4.69) is 5.10 Å². The molecule has 2 N–H and O–H groups in total. The first-order chi connectivity index (χ1) is 10.8. The zero-order valence-electron chi connectivity index (χ0n) is 11.4. The average Bonchev–Trinajstić information content (AvgIpc) is 2.47. The van der Waals surface area contributed by atoms with Crippen LogP contribution in [-0.4, -0.2) is 17.2 Å². The van der Waals surface area contributed by atoms with Gasteiger partial charge in [0.2, 0.25) is 0 Å². The number of phenolic OH excluding ortho intramolecular Hbond substituents is 1. The van der Waals surface area contributed by atoms with Gasteiger partial charge < -0.3 is 5.11 Å². The molecule has 0 atom stereocenters. The van der Waals surface area contributed by atoms with E-state index in [1.807, 2.05) is 5.43 Å². The van der Waals surface area contributed by atoms with Crippen LogP contribution in [0.15, 0.2) is 47.6 Å². The summed E-state index contributed by atoms with van der Waals surface area (Å²) in [5, 5.41) is 13.0. The highest BCUT2D eigenvalue weighted by Gasteiger charge is 2.34. The first-order valence-electron chi connectivity index (χ1n) is 6.27. The lowest BCUT2D eigenvalue weighted by atomic mass is 10.1. The number of alkyl halides is 3. The van der Waals surface area contributed by atoms with Gasteiger partial charge in [0.25, 0.3) is 5.91 Å². The van der Waals surface area contributed by atoms with Gasteiger partial charge in [0, 0.05) is 11.1 Å². The van der Waals surface area contributed by atoms with Gasteiger partial charge in [-0.2, -0.15) is 18.3 Å².